The number of carbonyl (C=O) groups excluding carboxylic acids is 2. The number of fused-ring (bicyclic) bond motifs is 1. The zero-order chi connectivity index (χ0) is 27.1. The van der Waals surface area contributed by atoms with E-state index in [9.17, 15) is 9.59 Å². The van der Waals surface area contributed by atoms with Crippen LogP contribution in [0.5, 0.6) is 11.5 Å². The van der Waals surface area contributed by atoms with Crippen LogP contribution >= 0.6 is 0 Å². The Hall–Kier alpha value is -4.40. The second-order valence-electron chi connectivity index (χ2n) is 9.33. The number of ether oxygens (including phenoxy) is 2. The molecular weight excluding hydrogens is 482 g/mol. The largest absolute Gasteiger partial charge is 0.493 e. The maximum atomic E-state index is 14.0. The van der Waals surface area contributed by atoms with Gasteiger partial charge in [-0.1, -0.05) is 55.5 Å². The van der Waals surface area contributed by atoms with Gasteiger partial charge in [-0.25, -0.2) is 4.68 Å². The van der Waals surface area contributed by atoms with Gasteiger partial charge in [0, 0.05) is 12.2 Å². The SMILES string of the molecule is COc1ccc(C(C(=O)NCCC(C)C)N(C(=O)Cn2nnc3ccccc32)c2ccccc2)cc1OC. The van der Waals surface area contributed by atoms with Crippen molar-refractivity contribution in [2.24, 2.45) is 5.92 Å². The molecule has 198 valence electrons. The third kappa shape index (κ3) is 5.94. The lowest BCUT2D eigenvalue weighted by Gasteiger charge is -2.32. The fourth-order valence-electron chi connectivity index (χ4n) is 4.29. The summed E-state index contributed by atoms with van der Waals surface area (Å²) < 4.78 is 12.5. The maximum absolute atomic E-state index is 14.0. The van der Waals surface area contributed by atoms with Gasteiger partial charge < -0.3 is 14.8 Å². The standard InChI is InChI=1S/C29H33N5O4/c1-20(2)16-17-30-29(36)28(21-14-15-25(37-3)26(18-21)38-4)34(22-10-6-5-7-11-22)27(35)19-33-24-13-9-8-12-23(24)31-32-33/h5-15,18,20,28H,16-17,19H2,1-4H3,(H,30,36). The minimum absolute atomic E-state index is 0.0987. The first-order valence-electron chi connectivity index (χ1n) is 12.6. The van der Waals surface area contributed by atoms with Gasteiger partial charge in [0.2, 0.25) is 11.8 Å². The molecule has 0 saturated carbocycles. The quantitative estimate of drug-likeness (QED) is 0.318. The molecule has 0 aliphatic carbocycles. The van der Waals surface area contributed by atoms with Crippen LogP contribution in [0, 0.1) is 5.92 Å². The molecule has 4 rings (SSSR count). The highest BCUT2D eigenvalue weighted by Gasteiger charge is 2.34. The molecule has 0 aliphatic rings. The molecule has 0 radical (unpaired) electrons. The van der Waals surface area contributed by atoms with Crippen molar-refractivity contribution in [3.63, 3.8) is 0 Å². The lowest BCUT2D eigenvalue weighted by atomic mass is 10.0. The van der Waals surface area contributed by atoms with Crippen LogP contribution in [0.2, 0.25) is 0 Å². The van der Waals surface area contributed by atoms with Crippen LogP contribution in [0.3, 0.4) is 0 Å². The van der Waals surface area contributed by atoms with Crippen LogP contribution in [-0.2, 0) is 16.1 Å². The molecule has 0 aliphatic heterocycles. The van der Waals surface area contributed by atoms with Gasteiger partial charge in [0.05, 0.1) is 19.7 Å². The van der Waals surface area contributed by atoms with E-state index in [1.807, 2.05) is 54.6 Å². The third-order valence-corrected chi connectivity index (χ3v) is 6.26. The summed E-state index contributed by atoms with van der Waals surface area (Å²) in [5.74, 6) is 0.807. The van der Waals surface area contributed by atoms with Crippen molar-refractivity contribution in [3.8, 4) is 11.5 Å². The van der Waals surface area contributed by atoms with E-state index >= 15 is 0 Å². The Bertz CT molecular complexity index is 1390. The van der Waals surface area contributed by atoms with Crippen LogP contribution < -0.4 is 19.7 Å². The van der Waals surface area contributed by atoms with E-state index in [2.05, 4.69) is 29.5 Å². The van der Waals surface area contributed by atoms with Crippen molar-refractivity contribution in [1.29, 1.82) is 0 Å². The average molecular weight is 516 g/mol. The first-order valence-corrected chi connectivity index (χ1v) is 12.6. The van der Waals surface area contributed by atoms with E-state index < -0.39 is 6.04 Å². The monoisotopic (exact) mass is 515 g/mol. The molecule has 1 atom stereocenters. The van der Waals surface area contributed by atoms with E-state index in [0.29, 0.717) is 40.7 Å². The van der Waals surface area contributed by atoms with E-state index in [1.165, 1.54) is 12.0 Å². The molecule has 2 amide bonds. The summed E-state index contributed by atoms with van der Waals surface area (Å²) in [6.45, 7) is 4.59. The summed E-state index contributed by atoms with van der Waals surface area (Å²) in [5, 5.41) is 11.4. The Balaban J connectivity index is 1.78. The van der Waals surface area contributed by atoms with Crippen molar-refractivity contribution in [1.82, 2.24) is 20.3 Å². The van der Waals surface area contributed by atoms with Crippen LogP contribution in [0.25, 0.3) is 11.0 Å². The number of methoxy groups -OCH3 is 2. The number of benzene rings is 3. The summed E-state index contributed by atoms with van der Waals surface area (Å²) in [7, 11) is 3.09. The molecule has 0 saturated heterocycles. The number of anilines is 1. The fourth-order valence-corrected chi connectivity index (χ4v) is 4.29. The normalized spacial score (nSPS) is 11.8. The van der Waals surface area contributed by atoms with Gasteiger partial charge >= 0.3 is 0 Å². The van der Waals surface area contributed by atoms with E-state index in [1.54, 1.807) is 30.0 Å². The minimum atomic E-state index is -0.966. The zero-order valence-electron chi connectivity index (χ0n) is 22.1. The van der Waals surface area contributed by atoms with Crippen molar-refractivity contribution in [3.05, 3.63) is 78.4 Å². The summed E-state index contributed by atoms with van der Waals surface area (Å²) in [5.41, 5.74) is 2.60. The average Bonchev–Trinajstić information content (AvgIpc) is 3.34. The Kier molecular flexibility index (Phi) is 8.58. The van der Waals surface area contributed by atoms with Gasteiger partial charge in [-0.15, -0.1) is 5.10 Å². The highest BCUT2D eigenvalue weighted by Crippen LogP contribution is 2.34. The Morgan fingerprint density at radius 3 is 2.37 bits per heavy atom. The first-order chi connectivity index (χ1) is 18.4. The van der Waals surface area contributed by atoms with Crippen LogP contribution in [-0.4, -0.2) is 47.6 Å². The number of carbonyl (C=O) groups is 2. The lowest BCUT2D eigenvalue weighted by molar-refractivity contribution is -0.127. The molecule has 1 N–H and O–H groups in total. The van der Waals surface area contributed by atoms with Crippen molar-refractivity contribution in [2.45, 2.75) is 32.9 Å². The molecule has 0 bridgehead atoms. The number of amides is 2. The van der Waals surface area contributed by atoms with Gasteiger partial charge in [0.1, 0.15) is 18.1 Å². The fraction of sp³-hybridized carbons (Fsp3) is 0.310. The molecule has 9 heteroatoms. The Labute approximate surface area is 222 Å². The number of rotatable bonds is 11. The topological polar surface area (TPSA) is 98.6 Å². The van der Waals surface area contributed by atoms with Crippen molar-refractivity contribution < 1.29 is 19.1 Å². The van der Waals surface area contributed by atoms with Crippen LogP contribution in [0.1, 0.15) is 31.9 Å². The van der Waals surface area contributed by atoms with Crippen LogP contribution in [0.4, 0.5) is 5.69 Å². The van der Waals surface area contributed by atoms with Crippen LogP contribution in [0.15, 0.2) is 72.8 Å². The number of hydrogen-bond donors (Lipinski definition) is 1. The predicted octanol–water partition coefficient (Wildman–Crippen LogP) is 4.39. The summed E-state index contributed by atoms with van der Waals surface area (Å²) >= 11 is 0. The summed E-state index contributed by atoms with van der Waals surface area (Å²) in [6, 6.07) is 20.9. The number of aromatic nitrogens is 3. The molecule has 9 nitrogen and oxygen atoms in total. The number of para-hydroxylation sites is 2. The molecule has 4 aromatic rings. The highest BCUT2D eigenvalue weighted by atomic mass is 16.5. The Morgan fingerprint density at radius 1 is 0.947 bits per heavy atom. The number of nitrogens with zero attached hydrogens (tertiary/aromatic N) is 4. The lowest BCUT2D eigenvalue weighted by Crippen LogP contribution is -2.45. The van der Waals surface area contributed by atoms with Crippen molar-refractivity contribution >= 4 is 28.5 Å². The molecule has 38 heavy (non-hydrogen) atoms. The molecule has 0 fully saturated rings. The molecule has 1 unspecified atom stereocenters. The van der Waals surface area contributed by atoms with E-state index in [4.69, 9.17) is 9.47 Å². The third-order valence-electron chi connectivity index (χ3n) is 6.26. The zero-order valence-corrected chi connectivity index (χ0v) is 22.1. The van der Waals surface area contributed by atoms with E-state index in [-0.39, 0.29) is 18.4 Å². The van der Waals surface area contributed by atoms with Gasteiger partial charge in [-0.2, -0.15) is 0 Å². The van der Waals surface area contributed by atoms with Gasteiger partial charge in [-0.05, 0) is 54.3 Å². The predicted molar refractivity (Wildman–Crippen MR) is 146 cm³/mol. The molecule has 1 aromatic heterocycles. The molecule has 0 spiro atoms. The first kappa shape index (κ1) is 26.7. The smallest absolute Gasteiger partial charge is 0.249 e. The molecule has 1 heterocycles. The summed E-state index contributed by atoms with van der Waals surface area (Å²) in [6.07, 6.45) is 0.814. The van der Waals surface area contributed by atoms with Crippen molar-refractivity contribution in [2.75, 3.05) is 25.7 Å². The summed E-state index contributed by atoms with van der Waals surface area (Å²) in [4.78, 5) is 29.4. The maximum Gasteiger partial charge on any atom is 0.249 e. The highest BCUT2D eigenvalue weighted by molar-refractivity contribution is 6.01. The minimum Gasteiger partial charge on any atom is -0.493 e. The second kappa shape index (κ2) is 12.2. The van der Waals surface area contributed by atoms with Gasteiger partial charge in [0.25, 0.3) is 0 Å². The second-order valence-corrected chi connectivity index (χ2v) is 9.33. The number of nitrogens with one attached hydrogen (secondary N) is 1. The van der Waals surface area contributed by atoms with E-state index in [0.717, 1.165) is 11.9 Å². The Morgan fingerprint density at radius 2 is 1.66 bits per heavy atom. The van der Waals surface area contributed by atoms with Gasteiger partial charge in [0.15, 0.2) is 11.5 Å². The molecule has 3 aromatic carbocycles. The number of hydrogen-bond acceptors (Lipinski definition) is 6. The van der Waals surface area contributed by atoms with Gasteiger partial charge in [-0.3, -0.25) is 14.5 Å². The molecular formula is C29H33N5O4.